The number of halogens is 1. The molecular weight excluding hydrogens is 300 g/mol. The smallest absolute Gasteiger partial charge is 0.223 e. The van der Waals surface area contributed by atoms with Gasteiger partial charge in [0.15, 0.2) is 0 Å². The lowest BCUT2D eigenvalue weighted by Crippen LogP contribution is -2.02. The van der Waals surface area contributed by atoms with Gasteiger partial charge < -0.3 is 5.32 Å². The van der Waals surface area contributed by atoms with E-state index in [1.807, 2.05) is 19.1 Å². The van der Waals surface area contributed by atoms with Crippen LogP contribution in [0.1, 0.15) is 6.92 Å². The Morgan fingerprint density at radius 2 is 2.12 bits per heavy atom. The van der Waals surface area contributed by atoms with Crippen molar-refractivity contribution in [2.45, 2.75) is 16.8 Å². The lowest BCUT2D eigenvalue weighted by Gasteiger charge is -2.06. The van der Waals surface area contributed by atoms with Gasteiger partial charge in [0.25, 0.3) is 0 Å². The molecule has 0 aromatic carbocycles. The Kier molecular flexibility index (Phi) is 4.33. The zero-order valence-electron chi connectivity index (χ0n) is 9.22. The lowest BCUT2D eigenvalue weighted by atomic mass is 10.5. The minimum atomic E-state index is 0.646. The first kappa shape index (κ1) is 12.3. The Hall–Kier alpha value is -1.14. The summed E-state index contributed by atoms with van der Waals surface area (Å²) in [6.45, 7) is 2.82. The number of hydrogen-bond donors (Lipinski definition) is 1. The second-order valence-electron chi connectivity index (χ2n) is 3.16. The van der Waals surface area contributed by atoms with E-state index in [2.05, 4.69) is 36.2 Å². The van der Waals surface area contributed by atoms with Gasteiger partial charge in [-0.05, 0) is 35.0 Å². The van der Waals surface area contributed by atoms with Gasteiger partial charge in [-0.3, -0.25) is 4.98 Å². The van der Waals surface area contributed by atoms with Crippen LogP contribution in [0.2, 0.25) is 0 Å². The topological polar surface area (TPSA) is 50.7 Å². The first-order valence-corrected chi connectivity index (χ1v) is 6.75. The molecule has 0 atom stereocenters. The molecule has 2 aromatic heterocycles. The molecule has 0 saturated heterocycles. The van der Waals surface area contributed by atoms with E-state index < -0.39 is 0 Å². The van der Waals surface area contributed by atoms with Crippen molar-refractivity contribution in [3.05, 3.63) is 35.2 Å². The van der Waals surface area contributed by atoms with Crippen molar-refractivity contribution in [2.24, 2.45) is 0 Å². The van der Waals surface area contributed by atoms with Crippen LogP contribution in [0.3, 0.4) is 0 Å². The van der Waals surface area contributed by atoms with Crippen molar-refractivity contribution >= 4 is 33.6 Å². The molecule has 1 N–H and O–H groups in total. The van der Waals surface area contributed by atoms with Crippen LogP contribution in [0.15, 0.2) is 45.1 Å². The fraction of sp³-hybridized carbons (Fsp3) is 0.182. The zero-order valence-corrected chi connectivity index (χ0v) is 11.6. The third-order valence-electron chi connectivity index (χ3n) is 1.91. The standard InChI is InChI=1S/C11H11BrN4S/c1-2-14-11-15-7-9(12)10(16-11)17-8-3-5-13-6-4-8/h3-7H,2H2,1H3,(H,14,15,16). The van der Waals surface area contributed by atoms with E-state index in [-0.39, 0.29) is 0 Å². The fourth-order valence-corrected chi connectivity index (χ4v) is 2.38. The monoisotopic (exact) mass is 310 g/mol. The first-order valence-electron chi connectivity index (χ1n) is 5.14. The van der Waals surface area contributed by atoms with Crippen molar-refractivity contribution in [1.82, 2.24) is 15.0 Å². The summed E-state index contributed by atoms with van der Waals surface area (Å²) in [5, 5.41) is 3.98. The average molecular weight is 311 g/mol. The van der Waals surface area contributed by atoms with Gasteiger partial charge in [0.2, 0.25) is 5.95 Å². The highest BCUT2D eigenvalue weighted by molar-refractivity contribution is 9.10. The van der Waals surface area contributed by atoms with Crippen LogP contribution in [-0.2, 0) is 0 Å². The quantitative estimate of drug-likeness (QED) is 0.879. The number of pyridine rings is 1. The summed E-state index contributed by atoms with van der Waals surface area (Å²) in [5.41, 5.74) is 0. The van der Waals surface area contributed by atoms with Crippen LogP contribution in [0.25, 0.3) is 0 Å². The Bertz CT molecular complexity index is 492. The van der Waals surface area contributed by atoms with Gasteiger partial charge in [0, 0.05) is 30.0 Å². The number of rotatable bonds is 4. The van der Waals surface area contributed by atoms with E-state index in [0.29, 0.717) is 5.95 Å². The zero-order chi connectivity index (χ0) is 12.1. The van der Waals surface area contributed by atoms with Gasteiger partial charge >= 0.3 is 0 Å². The van der Waals surface area contributed by atoms with Gasteiger partial charge in [0.1, 0.15) is 5.03 Å². The minimum Gasteiger partial charge on any atom is -0.354 e. The molecule has 4 nitrogen and oxygen atoms in total. The number of anilines is 1. The molecule has 0 unspecified atom stereocenters. The molecule has 0 aliphatic heterocycles. The van der Waals surface area contributed by atoms with Crippen LogP contribution in [0.5, 0.6) is 0 Å². The summed E-state index contributed by atoms with van der Waals surface area (Å²) >= 11 is 5.03. The summed E-state index contributed by atoms with van der Waals surface area (Å²) in [4.78, 5) is 13.7. The highest BCUT2D eigenvalue weighted by Crippen LogP contribution is 2.31. The fourth-order valence-electron chi connectivity index (χ4n) is 1.18. The summed E-state index contributed by atoms with van der Waals surface area (Å²) in [5.74, 6) is 0.646. The van der Waals surface area contributed by atoms with Gasteiger partial charge in [-0.15, -0.1) is 0 Å². The number of nitrogens with zero attached hydrogens (tertiary/aromatic N) is 3. The van der Waals surface area contributed by atoms with E-state index in [4.69, 9.17) is 0 Å². The largest absolute Gasteiger partial charge is 0.354 e. The maximum absolute atomic E-state index is 4.43. The molecule has 0 amide bonds. The number of hydrogen-bond acceptors (Lipinski definition) is 5. The molecule has 2 heterocycles. The second kappa shape index (κ2) is 5.97. The molecule has 0 aliphatic rings. The van der Waals surface area contributed by atoms with Gasteiger partial charge in [-0.2, -0.15) is 0 Å². The molecule has 0 aliphatic carbocycles. The highest BCUT2D eigenvalue weighted by Gasteiger charge is 2.06. The predicted octanol–water partition coefficient (Wildman–Crippen LogP) is 3.22. The summed E-state index contributed by atoms with van der Waals surface area (Å²) in [6.07, 6.45) is 5.29. The third kappa shape index (κ3) is 3.41. The molecule has 2 aromatic rings. The lowest BCUT2D eigenvalue weighted by molar-refractivity contribution is 0.999. The van der Waals surface area contributed by atoms with Crippen molar-refractivity contribution in [3.8, 4) is 0 Å². The van der Waals surface area contributed by atoms with E-state index in [9.17, 15) is 0 Å². The van der Waals surface area contributed by atoms with Gasteiger partial charge in [-0.1, -0.05) is 11.8 Å². The Morgan fingerprint density at radius 1 is 1.35 bits per heavy atom. The summed E-state index contributed by atoms with van der Waals surface area (Å²) < 4.78 is 0.890. The molecule has 0 radical (unpaired) electrons. The van der Waals surface area contributed by atoms with Crippen LogP contribution in [0, 0.1) is 0 Å². The van der Waals surface area contributed by atoms with Crippen LogP contribution in [0.4, 0.5) is 5.95 Å². The Labute approximate surface area is 112 Å². The molecule has 0 fully saturated rings. The van der Waals surface area contributed by atoms with Crippen molar-refractivity contribution < 1.29 is 0 Å². The van der Waals surface area contributed by atoms with Gasteiger partial charge in [0.05, 0.1) is 4.47 Å². The van der Waals surface area contributed by atoms with Crippen LogP contribution < -0.4 is 5.32 Å². The minimum absolute atomic E-state index is 0.646. The normalized spacial score (nSPS) is 10.2. The highest BCUT2D eigenvalue weighted by atomic mass is 79.9. The van der Waals surface area contributed by atoms with E-state index in [1.165, 1.54) is 0 Å². The first-order chi connectivity index (χ1) is 8.29. The molecule has 6 heteroatoms. The average Bonchev–Trinajstić information content (AvgIpc) is 2.35. The van der Waals surface area contributed by atoms with Crippen LogP contribution >= 0.6 is 27.7 Å². The number of aromatic nitrogens is 3. The molecule has 0 bridgehead atoms. The Balaban J connectivity index is 2.22. The third-order valence-corrected chi connectivity index (χ3v) is 3.77. The van der Waals surface area contributed by atoms with E-state index in [1.54, 1.807) is 30.4 Å². The van der Waals surface area contributed by atoms with Crippen LogP contribution in [-0.4, -0.2) is 21.5 Å². The second-order valence-corrected chi connectivity index (χ2v) is 5.08. The molecule has 0 saturated carbocycles. The summed E-state index contributed by atoms with van der Waals surface area (Å²) in [6, 6.07) is 3.90. The van der Waals surface area contributed by atoms with E-state index in [0.717, 1.165) is 20.9 Å². The van der Waals surface area contributed by atoms with Gasteiger partial charge in [-0.25, -0.2) is 9.97 Å². The maximum atomic E-state index is 4.43. The Morgan fingerprint density at radius 3 is 2.82 bits per heavy atom. The molecule has 17 heavy (non-hydrogen) atoms. The maximum Gasteiger partial charge on any atom is 0.223 e. The summed E-state index contributed by atoms with van der Waals surface area (Å²) in [7, 11) is 0. The molecule has 2 rings (SSSR count). The SMILES string of the molecule is CCNc1ncc(Br)c(Sc2ccncc2)n1. The van der Waals surface area contributed by atoms with Crippen molar-refractivity contribution in [2.75, 3.05) is 11.9 Å². The van der Waals surface area contributed by atoms with Crippen molar-refractivity contribution in [1.29, 1.82) is 0 Å². The molecule has 0 spiro atoms. The number of nitrogens with one attached hydrogen (secondary N) is 1. The molecular formula is C11H11BrN4S. The predicted molar refractivity (Wildman–Crippen MR) is 72.3 cm³/mol. The van der Waals surface area contributed by atoms with Crippen molar-refractivity contribution in [3.63, 3.8) is 0 Å². The van der Waals surface area contributed by atoms with E-state index >= 15 is 0 Å². The molecule has 88 valence electrons.